The average molecular weight is 457 g/mol. The number of rotatable bonds is 7. The van der Waals surface area contributed by atoms with Gasteiger partial charge in [0.05, 0.1) is 12.3 Å². The van der Waals surface area contributed by atoms with Gasteiger partial charge in [0.1, 0.15) is 23.9 Å². The van der Waals surface area contributed by atoms with Crippen molar-refractivity contribution in [2.75, 3.05) is 37.7 Å². The Kier molecular flexibility index (Phi) is 6.38. The number of piperazine rings is 1. The molecule has 1 aliphatic heterocycles. The SMILES string of the molecule is CCOc1ccccc1N1CCN(C(=O)c2ccc(COc3ccc4ccccc4c3)o2)CC1. The molecule has 0 radical (unpaired) electrons. The third-order valence-electron chi connectivity index (χ3n) is 6.05. The molecule has 3 aromatic carbocycles. The lowest BCUT2D eigenvalue weighted by molar-refractivity contribution is 0.0710. The van der Waals surface area contributed by atoms with Crippen LogP contribution < -0.4 is 14.4 Å². The normalized spacial score (nSPS) is 13.8. The third kappa shape index (κ3) is 4.71. The summed E-state index contributed by atoms with van der Waals surface area (Å²) in [5.74, 6) is 2.54. The van der Waals surface area contributed by atoms with Gasteiger partial charge < -0.3 is 23.7 Å². The van der Waals surface area contributed by atoms with Crippen molar-refractivity contribution in [1.29, 1.82) is 0 Å². The molecule has 6 heteroatoms. The Balaban J connectivity index is 1.17. The van der Waals surface area contributed by atoms with Crippen LogP contribution in [0.25, 0.3) is 10.8 Å². The van der Waals surface area contributed by atoms with Crippen molar-refractivity contribution in [3.05, 3.63) is 90.4 Å². The van der Waals surface area contributed by atoms with E-state index in [-0.39, 0.29) is 12.5 Å². The molecule has 34 heavy (non-hydrogen) atoms. The van der Waals surface area contributed by atoms with E-state index >= 15 is 0 Å². The summed E-state index contributed by atoms with van der Waals surface area (Å²) in [5.41, 5.74) is 1.07. The van der Waals surface area contributed by atoms with Gasteiger partial charge in [-0.15, -0.1) is 0 Å². The second kappa shape index (κ2) is 9.91. The molecule has 4 aromatic rings. The van der Waals surface area contributed by atoms with Crippen molar-refractivity contribution in [3.8, 4) is 11.5 Å². The third-order valence-corrected chi connectivity index (χ3v) is 6.05. The summed E-state index contributed by atoms with van der Waals surface area (Å²) < 4.78 is 17.5. The first-order chi connectivity index (χ1) is 16.7. The van der Waals surface area contributed by atoms with Gasteiger partial charge in [0.2, 0.25) is 0 Å². The minimum atomic E-state index is -0.0882. The van der Waals surface area contributed by atoms with E-state index in [1.165, 1.54) is 5.39 Å². The van der Waals surface area contributed by atoms with Crippen molar-refractivity contribution in [3.63, 3.8) is 0 Å². The van der Waals surface area contributed by atoms with Crippen LogP contribution in [0.1, 0.15) is 23.2 Å². The zero-order valence-corrected chi connectivity index (χ0v) is 19.3. The van der Waals surface area contributed by atoms with Crippen LogP contribution in [-0.2, 0) is 6.61 Å². The lowest BCUT2D eigenvalue weighted by Gasteiger charge is -2.36. The number of fused-ring (bicyclic) bond motifs is 1. The van der Waals surface area contributed by atoms with Gasteiger partial charge in [0.25, 0.3) is 5.91 Å². The Labute approximate surface area is 199 Å². The number of benzene rings is 3. The summed E-state index contributed by atoms with van der Waals surface area (Å²) in [5, 5.41) is 2.29. The maximum atomic E-state index is 13.0. The molecule has 1 aliphatic rings. The first kappa shape index (κ1) is 21.9. The molecule has 1 amide bonds. The summed E-state index contributed by atoms with van der Waals surface area (Å²) in [6, 6.07) is 25.7. The Morgan fingerprint density at radius 1 is 0.853 bits per heavy atom. The van der Waals surface area contributed by atoms with E-state index in [1.54, 1.807) is 6.07 Å². The average Bonchev–Trinajstić information content (AvgIpc) is 3.37. The smallest absolute Gasteiger partial charge is 0.289 e. The number of anilines is 1. The van der Waals surface area contributed by atoms with Crippen molar-refractivity contribution in [2.45, 2.75) is 13.5 Å². The summed E-state index contributed by atoms with van der Waals surface area (Å²) in [6.45, 7) is 5.63. The van der Waals surface area contributed by atoms with Crippen LogP contribution in [0, 0.1) is 0 Å². The minimum Gasteiger partial charge on any atom is -0.492 e. The van der Waals surface area contributed by atoms with Gasteiger partial charge in [-0.3, -0.25) is 4.79 Å². The Morgan fingerprint density at radius 2 is 1.62 bits per heavy atom. The molecular weight excluding hydrogens is 428 g/mol. The number of amides is 1. The Bertz CT molecular complexity index is 1270. The lowest BCUT2D eigenvalue weighted by Crippen LogP contribution is -2.48. The first-order valence-corrected chi connectivity index (χ1v) is 11.7. The van der Waals surface area contributed by atoms with Gasteiger partial charge in [0.15, 0.2) is 5.76 Å². The standard InChI is InChI=1S/C28H28N2O4/c1-2-32-26-10-6-5-9-25(26)29-15-17-30(18-16-29)28(31)27-14-13-24(34-27)20-33-23-12-11-21-7-3-4-8-22(21)19-23/h3-14,19H,2,15-18,20H2,1H3. The molecule has 0 unspecified atom stereocenters. The maximum Gasteiger partial charge on any atom is 0.289 e. The molecule has 1 saturated heterocycles. The number of para-hydroxylation sites is 2. The van der Waals surface area contributed by atoms with Crippen LogP contribution in [0.4, 0.5) is 5.69 Å². The highest BCUT2D eigenvalue weighted by molar-refractivity contribution is 5.91. The van der Waals surface area contributed by atoms with E-state index in [2.05, 4.69) is 23.1 Å². The van der Waals surface area contributed by atoms with Crippen LogP contribution in [0.3, 0.4) is 0 Å². The lowest BCUT2D eigenvalue weighted by atomic mass is 10.1. The molecule has 2 heterocycles. The van der Waals surface area contributed by atoms with Crippen molar-refractivity contribution < 1.29 is 18.7 Å². The number of carbonyl (C=O) groups excluding carboxylic acids is 1. The number of carbonyl (C=O) groups is 1. The van der Waals surface area contributed by atoms with Gasteiger partial charge in [-0.25, -0.2) is 0 Å². The molecule has 174 valence electrons. The van der Waals surface area contributed by atoms with Gasteiger partial charge in [-0.1, -0.05) is 42.5 Å². The number of hydrogen-bond donors (Lipinski definition) is 0. The van der Waals surface area contributed by atoms with Crippen LogP contribution in [0.2, 0.25) is 0 Å². The minimum absolute atomic E-state index is 0.0882. The number of ether oxygens (including phenoxy) is 2. The predicted octanol–water partition coefficient (Wildman–Crippen LogP) is 5.37. The van der Waals surface area contributed by atoms with Crippen molar-refractivity contribution in [2.24, 2.45) is 0 Å². The highest BCUT2D eigenvalue weighted by Crippen LogP contribution is 2.29. The number of nitrogens with zero attached hydrogens (tertiary/aromatic N) is 2. The molecule has 5 rings (SSSR count). The fraction of sp³-hybridized carbons (Fsp3) is 0.250. The van der Waals surface area contributed by atoms with Crippen LogP contribution >= 0.6 is 0 Å². The summed E-state index contributed by atoms with van der Waals surface area (Å²) in [4.78, 5) is 17.1. The molecule has 0 saturated carbocycles. The second-order valence-corrected chi connectivity index (χ2v) is 8.24. The maximum absolute atomic E-state index is 13.0. The van der Waals surface area contributed by atoms with E-state index < -0.39 is 0 Å². The van der Waals surface area contributed by atoms with Gasteiger partial charge in [0, 0.05) is 26.2 Å². The molecule has 1 aromatic heterocycles. The van der Waals surface area contributed by atoms with Gasteiger partial charge in [-0.05, 0) is 54.1 Å². The molecule has 0 aliphatic carbocycles. The van der Waals surface area contributed by atoms with E-state index in [4.69, 9.17) is 13.9 Å². The molecule has 0 spiro atoms. The van der Waals surface area contributed by atoms with Gasteiger partial charge in [-0.2, -0.15) is 0 Å². The summed E-state index contributed by atoms with van der Waals surface area (Å²) in [6.07, 6.45) is 0. The molecule has 0 N–H and O–H groups in total. The quantitative estimate of drug-likeness (QED) is 0.374. The topological polar surface area (TPSA) is 55.2 Å². The molecular formula is C28H28N2O4. The summed E-state index contributed by atoms with van der Waals surface area (Å²) >= 11 is 0. The van der Waals surface area contributed by atoms with Crippen molar-refractivity contribution in [1.82, 2.24) is 4.90 Å². The molecule has 1 fully saturated rings. The van der Waals surface area contributed by atoms with Crippen LogP contribution in [0.5, 0.6) is 11.5 Å². The second-order valence-electron chi connectivity index (χ2n) is 8.24. The monoisotopic (exact) mass is 456 g/mol. The zero-order chi connectivity index (χ0) is 23.3. The first-order valence-electron chi connectivity index (χ1n) is 11.7. The van der Waals surface area contributed by atoms with Crippen molar-refractivity contribution >= 4 is 22.4 Å². The highest BCUT2D eigenvalue weighted by atomic mass is 16.5. The van der Waals surface area contributed by atoms with E-state index in [0.29, 0.717) is 31.2 Å². The highest BCUT2D eigenvalue weighted by Gasteiger charge is 2.25. The predicted molar refractivity (Wildman–Crippen MR) is 133 cm³/mol. The summed E-state index contributed by atoms with van der Waals surface area (Å²) in [7, 11) is 0. The van der Waals surface area contributed by atoms with Crippen LogP contribution in [-0.4, -0.2) is 43.6 Å². The van der Waals surface area contributed by atoms with Crippen LogP contribution in [0.15, 0.2) is 83.3 Å². The Hall–Kier alpha value is -3.93. The van der Waals surface area contributed by atoms with E-state index in [1.807, 2.05) is 66.4 Å². The molecule has 6 nitrogen and oxygen atoms in total. The number of hydrogen-bond acceptors (Lipinski definition) is 5. The molecule has 0 atom stereocenters. The molecule has 0 bridgehead atoms. The van der Waals surface area contributed by atoms with E-state index in [9.17, 15) is 4.79 Å². The largest absolute Gasteiger partial charge is 0.492 e. The number of furan rings is 1. The van der Waals surface area contributed by atoms with Gasteiger partial charge >= 0.3 is 0 Å². The zero-order valence-electron chi connectivity index (χ0n) is 19.3. The Morgan fingerprint density at radius 3 is 2.44 bits per heavy atom. The fourth-order valence-corrected chi connectivity index (χ4v) is 4.28. The van der Waals surface area contributed by atoms with E-state index in [0.717, 1.165) is 35.7 Å². The fourth-order valence-electron chi connectivity index (χ4n) is 4.28.